The van der Waals surface area contributed by atoms with E-state index in [9.17, 15) is 4.79 Å². The second kappa shape index (κ2) is 6.15. The molecule has 0 spiro atoms. The number of carbonyl (C=O) groups is 1. The van der Waals surface area contributed by atoms with Crippen molar-refractivity contribution in [1.82, 2.24) is 15.1 Å². The first-order valence-electron chi connectivity index (χ1n) is 5.48. The van der Waals surface area contributed by atoms with Gasteiger partial charge in [0.1, 0.15) is 5.69 Å². The van der Waals surface area contributed by atoms with Crippen molar-refractivity contribution in [2.45, 2.75) is 32.7 Å². The number of nitrogens with one attached hydrogen (secondary N) is 1. The number of nitrogens with zero attached hydrogens (tertiary/aromatic N) is 2. The maximum Gasteiger partial charge on any atom is 0.182 e. The zero-order valence-corrected chi connectivity index (χ0v) is 11.5. The third-order valence-corrected chi connectivity index (χ3v) is 2.91. The Bertz CT molecular complexity index is 360. The van der Waals surface area contributed by atoms with Gasteiger partial charge < -0.3 is 5.32 Å². The topological polar surface area (TPSA) is 46.9 Å². The highest BCUT2D eigenvalue weighted by atomic mass is 79.9. The third kappa shape index (κ3) is 3.15. The van der Waals surface area contributed by atoms with E-state index in [4.69, 9.17) is 0 Å². The van der Waals surface area contributed by atoms with Gasteiger partial charge in [0.05, 0.1) is 10.7 Å². The molecular weight excluding hydrogens is 270 g/mol. The summed E-state index contributed by atoms with van der Waals surface area (Å²) in [4.78, 5) is 12.0. The summed E-state index contributed by atoms with van der Waals surface area (Å²) in [6.07, 6.45) is 3.09. The van der Waals surface area contributed by atoms with Gasteiger partial charge in [0.25, 0.3) is 0 Å². The number of carbonyl (C=O) groups excluding carboxylic acids is 1. The Morgan fingerprint density at radius 2 is 2.31 bits per heavy atom. The van der Waals surface area contributed by atoms with Gasteiger partial charge in [-0.15, -0.1) is 0 Å². The minimum atomic E-state index is 0.147. The molecule has 1 N–H and O–H groups in total. The first-order valence-corrected chi connectivity index (χ1v) is 6.28. The molecule has 4 nitrogen and oxygen atoms in total. The Morgan fingerprint density at radius 3 is 2.88 bits per heavy atom. The van der Waals surface area contributed by atoms with Gasteiger partial charge in [-0.2, -0.15) is 5.10 Å². The lowest BCUT2D eigenvalue weighted by Crippen LogP contribution is -2.15. The number of Topliss-reactive ketones (excluding diaryl/α,β-unsaturated/α-hetero) is 1. The molecular formula is C11H18BrN3O. The van der Waals surface area contributed by atoms with Gasteiger partial charge in [-0.05, 0) is 49.8 Å². The third-order valence-electron chi connectivity index (χ3n) is 2.33. The fraction of sp³-hybridized carbons (Fsp3) is 0.636. The van der Waals surface area contributed by atoms with Crippen LogP contribution in [-0.4, -0.2) is 29.2 Å². The van der Waals surface area contributed by atoms with Crippen LogP contribution in [0.25, 0.3) is 0 Å². The van der Waals surface area contributed by atoms with Crippen LogP contribution < -0.4 is 5.32 Å². The van der Waals surface area contributed by atoms with Gasteiger partial charge >= 0.3 is 0 Å². The van der Waals surface area contributed by atoms with Crippen molar-refractivity contribution in [3.63, 3.8) is 0 Å². The maximum atomic E-state index is 12.0. The Labute approximate surface area is 105 Å². The molecule has 0 saturated carbocycles. The molecule has 0 atom stereocenters. The summed E-state index contributed by atoms with van der Waals surface area (Å²) in [5.74, 6) is 0.147. The van der Waals surface area contributed by atoms with Crippen LogP contribution in [0.2, 0.25) is 0 Å². The van der Waals surface area contributed by atoms with Crippen LogP contribution in [0.15, 0.2) is 10.7 Å². The summed E-state index contributed by atoms with van der Waals surface area (Å²) >= 11 is 3.38. The minimum Gasteiger partial charge on any atom is -0.320 e. The van der Waals surface area contributed by atoms with Crippen LogP contribution >= 0.6 is 15.9 Å². The van der Waals surface area contributed by atoms with Crippen molar-refractivity contribution in [1.29, 1.82) is 0 Å². The van der Waals surface area contributed by atoms with E-state index in [2.05, 4.69) is 26.3 Å². The zero-order valence-electron chi connectivity index (χ0n) is 9.96. The molecule has 0 aliphatic rings. The molecule has 1 aromatic rings. The van der Waals surface area contributed by atoms with Crippen LogP contribution in [-0.2, 0) is 0 Å². The van der Waals surface area contributed by atoms with E-state index >= 15 is 0 Å². The molecule has 0 saturated heterocycles. The highest BCUT2D eigenvalue weighted by Crippen LogP contribution is 2.21. The van der Waals surface area contributed by atoms with E-state index in [-0.39, 0.29) is 11.8 Å². The zero-order chi connectivity index (χ0) is 12.1. The number of aromatic nitrogens is 2. The van der Waals surface area contributed by atoms with Gasteiger partial charge in [0.15, 0.2) is 5.78 Å². The quantitative estimate of drug-likeness (QED) is 0.646. The number of hydrogen-bond donors (Lipinski definition) is 1. The van der Waals surface area contributed by atoms with E-state index in [0.29, 0.717) is 12.1 Å². The Morgan fingerprint density at radius 1 is 1.62 bits per heavy atom. The van der Waals surface area contributed by atoms with Crippen LogP contribution in [0.5, 0.6) is 0 Å². The normalized spacial score (nSPS) is 11.1. The van der Waals surface area contributed by atoms with Gasteiger partial charge in [-0.3, -0.25) is 9.48 Å². The molecule has 1 aromatic heterocycles. The summed E-state index contributed by atoms with van der Waals surface area (Å²) in [7, 11) is 1.89. The standard InChI is InChI=1S/C11H18BrN3O/c1-8(2)15-11(9(12)7-14-15)10(16)5-4-6-13-3/h7-8,13H,4-6H2,1-3H3. The van der Waals surface area contributed by atoms with Crippen molar-refractivity contribution in [2.75, 3.05) is 13.6 Å². The van der Waals surface area contributed by atoms with Gasteiger partial charge in [0, 0.05) is 12.5 Å². The molecule has 90 valence electrons. The summed E-state index contributed by atoms with van der Waals surface area (Å²) in [6.45, 7) is 4.90. The monoisotopic (exact) mass is 287 g/mol. The van der Waals surface area contributed by atoms with Crippen molar-refractivity contribution in [2.24, 2.45) is 0 Å². The molecule has 0 aliphatic carbocycles. The lowest BCUT2D eigenvalue weighted by molar-refractivity contribution is 0.0967. The molecule has 5 heteroatoms. The molecule has 0 radical (unpaired) electrons. The summed E-state index contributed by atoms with van der Waals surface area (Å²) in [6, 6.07) is 0.203. The van der Waals surface area contributed by atoms with Crippen molar-refractivity contribution < 1.29 is 4.79 Å². The van der Waals surface area contributed by atoms with E-state index in [1.54, 1.807) is 10.9 Å². The molecule has 0 unspecified atom stereocenters. The van der Waals surface area contributed by atoms with E-state index in [1.165, 1.54) is 0 Å². The second-order valence-corrected chi connectivity index (χ2v) is 4.86. The predicted molar refractivity (Wildman–Crippen MR) is 67.8 cm³/mol. The lowest BCUT2D eigenvalue weighted by Gasteiger charge is -2.10. The first-order chi connectivity index (χ1) is 7.57. The van der Waals surface area contributed by atoms with Crippen molar-refractivity contribution in [3.05, 3.63) is 16.4 Å². The SMILES string of the molecule is CNCCCC(=O)c1c(Br)cnn1C(C)C. The van der Waals surface area contributed by atoms with Crippen LogP contribution in [0.3, 0.4) is 0 Å². The molecule has 16 heavy (non-hydrogen) atoms. The van der Waals surface area contributed by atoms with Gasteiger partial charge in [0.2, 0.25) is 0 Å². The Hall–Kier alpha value is -0.680. The van der Waals surface area contributed by atoms with E-state index < -0.39 is 0 Å². The van der Waals surface area contributed by atoms with E-state index in [0.717, 1.165) is 17.4 Å². The van der Waals surface area contributed by atoms with E-state index in [1.807, 2.05) is 20.9 Å². The first kappa shape index (κ1) is 13.4. The average molecular weight is 288 g/mol. The molecule has 0 amide bonds. The molecule has 1 heterocycles. The Kier molecular flexibility index (Phi) is 5.15. The summed E-state index contributed by atoms with van der Waals surface area (Å²) in [5, 5.41) is 7.23. The Balaban J connectivity index is 2.77. The fourth-order valence-corrected chi connectivity index (χ4v) is 2.03. The second-order valence-electron chi connectivity index (χ2n) is 4.01. The number of halogens is 1. The summed E-state index contributed by atoms with van der Waals surface area (Å²) in [5.41, 5.74) is 0.686. The lowest BCUT2D eigenvalue weighted by atomic mass is 10.1. The minimum absolute atomic E-state index is 0.147. The fourth-order valence-electron chi connectivity index (χ4n) is 1.54. The van der Waals surface area contributed by atoms with Crippen molar-refractivity contribution >= 4 is 21.7 Å². The van der Waals surface area contributed by atoms with Crippen molar-refractivity contribution in [3.8, 4) is 0 Å². The van der Waals surface area contributed by atoms with Crippen LogP contribution in [0.1, 0.15) is 43.2 Å². The molecule has 0 aliphatic heterocycles. The smallest absolute Gasteiger partial charge is 0.182 e. The molecule has 1 rings (SSSR count). The maximum absolute atomic E-state index is 12.0. The largest absolute Gasteiger partial charge is 0.320 e. The highest BCUT2D eigenvalue weighted by Gasteiger charge is 2.17. The number of ketones is 1. The predicted octanol–water partition coefficient (Wildman–Crippen LogP) is 2.41. The van der Waals surface area contributed by atoms with Gasteiger partial charge in [-0.25, -0.2) is 0 Å². The molecule has 0 bridgehead atoms. The molecule has 0 fully saturated rings. The number of rotatable bonds is 6. The summed E-state index contributed by atoms with van der Waals surface area (Å²) < 4.78 is 2.56. The van der Waals surface area contributed by atoms with Crippen LogP contribution in [0, 0.1) is 0 Å². The number of hydrogen-bond acceptors (Lipinski definition) is 3. The highest BCUT2D eigenvalue weighted by molar-refractivity contribution is 9.10. The molecule has 0 aromatic carbocycles. The van der Waals surface area contributed by atoms with Gasteiger partial charge in [-0.1, -0.05) is 0 Å². The average Bonchev–Trinajstić information content (AvgIpc) is 2.60. The van der Waals surface area contributed by atoms with Crippen LogP contribution in [0.4, 0.5) is 0 Å².